The lowest BCUT2D eigenvalue weighted by Gasteiger charge is -2.16. The number of aryl methyl sites for hydroxylation is 1. The first-order valence-corrected chi connectivity index (χ1v) is 13.6. The molecule has 0 radical (unpaired) electrons. The van der Waals surface area contributed by atoms with Crippen molar-refractivity contribution in [2.24, 2.45) is 0 Å². The first-order valence-electron chi connectivity index (χ1n) is 12.7. The monoisotopic (exact) mass is 521 g/mol. The summed E-state index contributed by atoms with van der Waals surface area (Å²) < 4.78 is 0. The number of carbonyl (C=O) groups is 1. The summed E-state index contributed by atoms with van der Waals surface area (Å²) in [6.45, 7) is 3.81. The third-order valence-electron chi connectivity index (χ3n) is 6.44. The average Bonchev–Trinajstić information content (AvgIpc) is 3.57. The van der Waals surface area contributed by atoms with Crippen LogP contribution >= 0.6 is 11.3 Å². The summed E-state index contributed by atoms with van der Waals surface area (Å²) in [4.78, 5) is 20.4. The van der Waals surface area contributed by atoms with Gasteiger partial charge in [-0.15, -0.1) is 11.3 Å². The van der Waals surface area contributed by atoms with Crippen molar-refractivity contribution in [3.63, 3.8) is 0 Å². The summed E-state index contributed by atoms with van der Waals surface area (Å²) in [5.74, 6) is -0.0164. The fourth-order valence-corrected chi connectivity index (χ4v) is 5.14. The zero-order valence-electron chi connectivity index (χ0n) is 21.6. The van der Waals surface area contributed by atoms with Gasteiger partial charge in [0.2, 0.25) is 5.91 Å². The molecule has 0 atom stereocenters. The van der Waals surface area contributed by atoms with Crippen LogP contribution in [0, 0.1) is 6.92 Å². The lowest BCUT2D eigenvalue weighted by atomic mass is 10.1. The second kappa shape index (κ2) is 12.0. The normalized spacial score (nSPS) is 11.6. The van der Waals surface area contributed by atoms with Crippen LogP contribution in [-0.2, 0) is 24.2 Å². The highest BCUT2D eigenvalue weighted by atomic mass is 32.1. The molecular formula is C31H31N5OS. The number of nitrogens with one attached hydrogen (secondary N) is 2. The number of anilines is 1. The predicted molar refractivity (Wildman–Crippen MR) is 157 cm³/mol. The van der Waals surface area contributed by atoms with Crippen LogP contribution < -0.4 is 5.32 Å². The van der Waals surface area contributed by atoms with Crippen molar-refractivity contribution in [3.8, 4) is 0 Å². The molecule has 7 heteroatoms. The van der Waals surface area contributed by atoms with Crippen molar-refractivity contribution in [1.29, 1.82) is 0 Å². The third kappa shape index (κ3) is 6.62. The third-order valence-corrected chi connectivity index (χ3v) is 7.32. The number of thiophene rings is 1. The van der Waals surface area contributed by atoms with Gasteiger partial charge in [0.25, 0.3) is 0 Å². The highest BCUT2D eigenvalue weighted by Crippen LogP contribution is 2.26. The van der Waals surface area contributed by atoms with Crippen molar-refractivity contribution in [2.75, 3.05) is 18.9 Å². The molecule has 6 nitrogen and oxygen atoms in total. The topological polar surface area (TPSA) is 73.9 Å². The molecular weight excluding hydrogens is 490 g/mol. The average molecular weight is 522 g/mol. The Labute approximate surface area is 227 Å². The highest BCUT2D eigenvalue weighted by molar-refractivity contribution is 7.10. The number of aromatic nitrogens is 3. The second-order valence-corrected chi connectivity index (χ2v) is 10.5. The van der Waals surface area contributed by atoms with Gasteiger partial charge < -0.3 is 10.2 Å². The maximum atomic E-state index is 12.6. The first kappa shape index (κ1) is 25.6. The van der Waals surface area contributed by atoms with Crippen molar-refractivity contribution >= 4 is 46.0 Å². The number of likely N-dealkylation sites (N-methyl/N-ethyl adjacent to an activating group) is 1. The number of pyridine rings is 1. The number of carbonyl (C=O) groups excluding carboxylic acids is 1. The van der Waals surface area contributed by atoms with E-state index in [9.17, 15) is 4.79 Å². The Morgan fingerprint density at radius 1 is 1.08 bits per heavy atom. The van der Waals surface area contributed by atoms with Crippen LogP contribution in [-0.4, -0.2) is 39.6 Å². The minimum Gasteiger partial charge on any atom is -0.326 e. The number of nitrogens with zero attached hydrogens (tertiary/aromatic N) is 3. The van der Waals surface area contributed by atoms with Crippen LogP contribution in [0.2, 0.25) is 0 Å². The fraction of sp³-hybridized carbons (Fsp3) is 0.194. The summed E-state index contributed by atoms with van der Waals surface area (Å²) >= 11 is 1.59. The molecule has 5 aromatic rings. The van der Waals surface area contributed by atoms with Crippen LogP contribution in [0.1, 0.15) is 33.0 Å². The summed E-state index contributed by atoms with van der Waals surface area (Å²) in [6.07, 6.45) is 7.26. The molecule has 38 heavy (non-hydrogen) atoms. The van der Waals surface area contributed by atoms with Crippen molar-refractivity contribution in [1.82, 2.24) is 20.1 Å². The molecule has 192 valence electrons. The van der Waals surface area contributed by atoms with E-state index in [0.29, 0.717) is 6.42 Å². The van der Waals surface area contributed by atoms with E-state index in [0.717, 1.165) is 63.5 Å². The fourth-order valence-electron chi connectivity index (χ4n) is 4.43. The number of H-pyrrole nitrogens is 1. The molecule has 3 heterocycles. The summed E-state index contributed by atoms with van der Waals surface area (Å²) in [5, 5.41) is 13.7. The molecule has 0 aliphatic heterocycles. The number of fused-ring (bicyclic) bond motifs is 1. The van der Waals surface area contributed by atoms with Gasteiger partial charge in [-0.3, -0.25) is 14.9 Å². The molecule has 0 spiro atoms. The van der Waals surface area contributed by atoms with Crippen LogP contribution in [0.3, 0.4) is 0 Å². The molecule has 0 fully saturated rings. The number of aromatic amines is 1. The molecule has 2 aromatic carbocycles. The molecule has 3 aromatic heterocycles. The standard InChI is InChI=1S/C31H31N5OS/c1-22-17-30-27(20-29(22)33-31(37)19-26-10-6-16-38-26)28(34-35-30)12-11-23-7-5-8-24(18-23)21-36(2)15-13-25-9-3-4-14-32-25/h3-12,14,16-18,20H,13,15,19,21H2,1-2H3,(H,33,37)(H,34,35)/b12-11+. The van der Waals surface area contributed by atoms with Crippen molar-refractivity contribution < 1.29 is 4.79 Å². The van der Waals surface area contributed by atoms with Gasteiger partial charge in [-0.25, -0.2) is 0 Å². The van der Waals surface area contributed by atoms with E-state index in [2.05, 4.69) is 68.9 Å². The summed E-state index contributed by atoms with van der Waals surface area (Å²) in [7, 11) is 2.14. The van der Waals surface area contributed by atoms with Crippen LogP contribution in [0.25, 0.3) is 23.1 Å². The van der Waals surface area contributed by atoms with Gasteiger partial charge in [0, 0.05) is 47.4 Å². The van der Waals surface area contributed by atoms with E-state index in [4.69, 9.17) is 0 Å². The zero-order valence-corrected chi connectivity index (χ0v) is 22.5. The maximum absolute atomic E-state index is 12.6. The largest absolute Gasteiger partial charge is 0.326 e. The van der Waals surface area contributed by atoms with Gasteiger partial charge in [0.15, 0.2) is 0 Å². The molecule has 0 aliphatic rings. The number of hydrogen-bond donors (Lipinski definition) is 2. The molecule has 1 amide bonds. The van der Waals surface area contributed by atoms with E-state index < -0.39 is 0 Å². The first-order chi connectivity index (χ1) is 18.5. The van der Waals surface area contributed by atoms with Gasteiger partial charge in [-0.2, -0.15) is 5.10 Å². The molecule has 5 rings (SSSR count). The Balaban J connectivity index is 1.25. The zero-order chi connectivity index (χ0) is 26.3. The lowest BCUT2D eigenvalue weighted by Crippen LogP contribution is -2.21. The summed E-state index contributed by atoms with van der Waals surface area (Å²) in [6, 6.07) is 22.6. The molecule has 2 N–H and O–H groups in total. The number of rotatable bonds is 10. The number of benzene rings is 2. The van der Waals surface area contributed by atoms with Gasteiger partial charge in [0.1, 0.15) is 0 Å². The van der Waals surface area contributed by atoms with Gasteiger partial charge in [-0.1, -0.05) is 42.5 Å². The molecule has 0 aliphatic carbocycles. The van der Waals surface area contributed by atoms with E-state index >= 15 is 0 Å². The number of hydrogen-bond acceptors (Lipinski definition) is 5. The quantitative estimate of drug-likeness (QED) is 0.224. The molecule has 0 saturated heterocycles. The number of amides is 1. The van der Waals surface area contributed by atoms with Crippen LogP contribution in [0.5, 0.6) is 0 Å². The van der Waals surface area contributed by atoms with Crippen LogP contribution in [0.15, 0.2) is 78.3 Å². The lowest BCUT2D eigenvalue weighted by molar-refractivity contribution is -0.115. The Hall–Kier alpha value is -4.07. The van der Waals surface area contributed by atoms with Crippen molar-refractivity contribution in [3.05, 3.63) is 111 Å². The Bertz CT molecular complexity index is 1540. The van der Waals surface area contributed by atoms with Gasteiger partial charge >= 0.3 is 0 Å². The minimum absolute atomic E-state index is 0.0164. The smallest absolute Gasteiger partial charge is 0.229 e. The van der Waals surface area contributed by atoms with E-state index in [1.165, 1.54) is 5.56 Å². The Morgan fingerprint density at radius 2 is 2.00 bits per heavy atom. The Kier molecular flexibility index (Phi) is 8.06. The van der Waals surface area contributed by atoms with Gasteiger partial charge in [-0.05, 0) is 72.4 Å². The molecule has 0 unspecified atom stereocenters. The highest BCUT2D eigenvalue weighted by Gasteiger charge is 2.11. The second-order valence-electron chi connectivity index (χ2n) is 9.51. The van der Waals surface area contributed by atoms with Gasteiger partial charge in [0.05, 0.1) is 17.6 Å². The van der Waals surface area contributed by atoms with E-state index in [1.54, 1.807) is 11.3 Å². The Morgan fingerprint density at radius 3 is 2.82 bits per heavy atom. The summed E-state index contributed by atoms with van der Waals surface area (Å²) in [5.41, 5.74) is 7.08. The van der Waals surface area contributed by atoms with E-state index in [-0.39, 0.29) is 5.91 Å². The predicted octanol–water partition coefficient (Wildman–Crippen LogP) is 6.35. The minimum atomic E-state index is -0.0164. The molecule has 0 saturated carbocycles. The van der Waals surface area contributed by atoms with E-state index in [1.807, 2.05) is 61.0 Å². The van der Waals surface area contributed by atoms with Crippen molar-refractivity contribution in [2.45, 2.75) is 26.3 Å². The SMILES string of the molecule is Cc1cc2[nH]nc(/C=C/c3cccc(CN(C)CCc4ccccn4)c3)c2cc1NC(=O)Cc1cccs1. The van der Waals surface area contributed by atoms with Crippen LogP contribution in [0.4, 0.5) is 5.69 Å². The maximum Gasteiger partial charge on any atom is 0.229 e. The molecule has 0 bridgehead atoms.